The molecule has 0 spiro atoms. The van der Waals surface area contributed by atoms with Crippen molar-refractivity contribution >= 4 is 34.7 Å². The molecule has 0 fully saturated rings. The molecule has 0 aliphatic carbocycles. The van der Waals surface area contributed by atoms with Crippen molar-refractivity contribution in [2.75, 3.05) is 11.8 Å². The quantitative estimate of drug-likeness (QED) is 0.613. The van der Waals surface area contributed by atoms with E-state index < -0.39 is 0 Å². The smallest absolute Gasteiger partial charge is 0.231 e. The topological polar surface area (TPSA) is 59.8 Å². The molecule has 3 heterocycles. The summed E-state index contributed by atoms with van der Waals surface area (Å²) in [6.07, 6.45) is 0.700. The Labute approximate surface area is 171 Å². The first-order valence-electron chi connectivity index (χ1n) is 8.69. The molecule has 5 rings (SSSR count). The Balaban J connectivity index is 1.55. The number of rotatable bonds is 3. The number of hydrogen-bond acceptors (Lipinski definition) is 6. The van der Waals surface area contributed by atoms with Crippen molar-refractivity contribution in [3.05, 3.63) is 75.9 Å². The van der Waals surface area contributed by atoms with Gasteiger partial charge in [0.1, 0.15) is 0 Å². The minimum Gasteiger partial charge on any atom is -0.454 e. The molecule has 1 aromatic heterocycles. The maximum absolute atomic E-state index is 6.03. The van der Waals surface area contributed by atoms with Gasteiger partial charge in [-0.05, 0) is 47.5 Å². The Kier molecular flexibility index (Phi) is 4.30. The second kappa shape index (κ2) is 6.96. The zero-order chi connectivity index (χ0) is 19.1. The third-order valence-electron chi connectivity index (χ3n) is 4.72. The Morgan fingerprint density at radius 2 is 1.71 bits per heavy atom. The number of aromatic nitrogens is 2. The van der Waals surface area contributed by atoms with E-state index in [1.54, 1.807) is 6.07 Å². The average Bonchev–Trinajstić information content (AvgIpc) is 3.36. The molecule has 2 aliphatic rings. The second-order valence-electron chi connectivity index (χ2n) is 6.45. The highest BCUT2D eigenvalue weighted by Gasteiger charge is 2.32. The third kappa shape index (κ3) is 3.15. The molecular formula is C20H14Cl2N4O2. The van der Waals surface area contributed by atoms with Crippen LogP contribution in [0.3, 0.4) is 0 Å². The van der Waals surface area contributed by atoms with Crippen LogP contribution in [-0.2, 0) is 0 Å². The summed E-state index contributed by atoms with van der Waals surface area (Å²) in [6.45, 7) is 0.238. The number of hydrogen-bond donors (Lipinski definition) is 0. The van der Waals surface area contributed by atoms with Gasteiger partial charge < -0.3 is 9.47 Å². The van der Waals surface area contributed by atoms with E-state index >= 15 is 0 Å². The highest BCUT2D eigenvalue weighted by molar-refractivity contribution is 6.30. The highest BCUT2D eigenvalue weighted by Crippen LogP contribution is 2.40. The fourth-order valence-corrected chi connectivity index (χ4v) is 3.58. The summed E-state index contributed by atoms with van der Waals surface area (Å²) in [4.78, 5) is 0. The van der Waals surface area contributed by atoms with Gasteiger partial charge in [-0.2, -0.15) is 5.10 Å². The number of anilines is 1. The molecule has 0 saturated carbocycles. The molecule has 0 saturated heterocycles. The van der Waals surface area contributed by atoms with Gasteiger partial charge >= 0.3 is 0 Å². The number of halogens is 2. The normalized spacial score (nSPS) is 17.7. The van der Waals surface area contributed by atoms with Crippen molar-refractivity contribution < 1.29 is 9.47 Å². The van der Waals surface area contributed by atoms with Crippen molar-refractivity contribution in [1.29, 1.82) is 0 Å². The molecule has 1 atom stereocenters. The highest BCUT2D eigenvalue weighted by atomic mass is 35.5. The maximum Gasteiger partial charge on any atom is 0.231 e. The molecule has 140 valence electrons. The summed E-state index contributed by atoms with van der Waals surface area (Å²) in [7, 11) is 0. The molecule has 3 aromatic rings. The fraction of sp³-hybridized carbons (Fsp3) is 0.150. The van der Waals surface area contributed by atoms with Crippen molar-refractivity contribution in [2.45, 2.75) is 12.5 Å². The Morgan fingerprint density at radius 1 is 0.893 bits per heavy atom. The summed E-state index contributed by atoms with van der Waals surface area (Å²) < 4.78 is 11.0. The van der Waals surface area contributed by atoms with Crippen LogP contribution in [-0.4, -0.2) is 22.7 Å². The molecule has 0 radical (unpaired) electrons. The van der Waals surface area contributed by atoms with E-state index in [0.29, 0.717) is 22.4 Å². The summed E-state index contributed by atoms with van der Waals surface area (Å²) in [5.41, 5.74) is 3.00. The first-order chi connectivity index (χ1) is 13.7. The fourth-order valence-electron chi connectivity index (χ4n) is 3.35. The van der Waals surface area contributed by atoms with Gasteiger partial charge in [-0.25, -0.2) is 5.01 Å². The molecule has 0 bridgehead atoms. The van der Waals surface area contributed by atoms with Crippen LogP contribution in [0, 0.1) is 0 Å². The largest absolute Gasteiger partial charge is 0.454 e. The van der Waals surface area contributed by atoms with E-state index in [1.165, 1.54) is 0 Å². The Morgan fingerprint density at radius 3 is 2.50 bits per heavy atom. The van der Waals surface area contributed by atoms with Crippen molar-refractivity contribution in [3.63, 3.8) is 0 Å². The van der Waals surface area contributed by atoms with Gasteiger partial charge in [-0.3, -0.25) is 0 Å². The zero-order valence-electron chi connectivity index (χ0n) is 14.5. The van der Waals surface area contributed by atoms with Crippen LogP contribution in [0.1, 0.15) is 23.6 Å². The number of hydrazone groups is 1. The molecule has 2 aromatic carbocycles. The first-order valence-corrected chi connectivity index (χ1v) is 9.44. The van der Waals surface area contributed by atoms with E-state index in [-0.39, 0.29) is 12.8 Å². The third-order valence-corrected chi connectivity index (χ3v) is 5.18. The number of nitrogens with zero attached hydrogens (tertiary/aromatic N) is 4. The summed E-state index contributed by atoms with van der Waals surface area (Å²) in [6, 6.07) is 17.0. The Bertz CT molecular complexity index is 1050. The first kappa shape index (κ1) is 17.3. The molecule has 6 nitrogen and oxygen atoms in total. The van der Waals surface area contributed by atoms with Gasteiger partial charge in [0, 0.05) is 11.4 Å². The van der Waals surface area contributed by atoms with E-state index in [2.05, 4.69) is 10.2 Å². The van der Waals surface area contributed by atoms with Gasteiger partial charge in [0.2, 0.25) is 6.79 Å². The lowest BCUT2D eigenvalue weighted by molar-refractivity contribution is 0.174. The van der Waals surface area contributed by atoms with Crippen LogP contribution < -0.4 is 14.5 Å². The standard InChI is InChI=1S/C20H14Cl2N4O2/c21-14-4-1-12(2-5-14)15-10-16(13-3-6-17-18(9-13)28-11-27-17)26(25-15)20-8-7-19(22)23-24-20/h1-9,16H,10-11H2. The second-order valence-corrected chi connectivity index (χ2v) is 7.27. The molecule has 2 aliphatic heterocycles. The molecular weight excluding hydrogens is 399 g/mol. The van der Waals surface area contributed by atoms with E-state index in [4.69, 9.17) is 37.8 Å². The predicted octanol–water partition coefficient (Wildman–Crippen LogP) is 4.87. The number of fused-ring (bicyclic) bond motifs is 1. The lowest BCUT2D eigenvalue weighted by atomic mass is 9.98. The van der Waals surface area contributed by atoms with Crippen molar-refractivity contribution in [1.82, 2.24) is 10.2 Å². The van der Waals surface area contributed by atoms with Crippen molar-refractivity contribution in [2.24, 2.45) is 5.10 Å². The van der Waals surface area contributed by atoms with Gasteiger partial charge in [0.25, 0.3) is 0 Å². The van der Waals surface area contributed by atoms with Crippen LogP contribution >= 0.6 is 23.2 Å². The minimum atomic E-state index is -0.0596. The van der Waals surface area contributed by atoms with Gasteiger partial charge in [-0.1, -0.05) is 41.4 Å². The van der Waals surface area contributed by atoms with E-state index in [0.717, 1.165) is 28.3 Å². The van der Waals surface area contributed by atoms with Crippen LogP contribution in [0.15, 0.2) is 59.7 Å². The minimum absolute atomic E-state index is 0.0596. The molecule has 0 N–H and O–H groups in total. The van der Waals surface area contributed by atoms with Gasteiger partial charge in [0.05, 0.1) is 11.8 Å². The molecule has 1 unspecified atom stereocenters. The predicted molar refractivity (Wildman–Crippen MR) is 107 cm³/mol. The van der Waals surface area contributed by atoms with Crippen LogP contribution in [0.4, 0.5) is 5.82 Å². The molecule has 28 heavy (non-hydrogen) atoms. The lowest BCUT2D eigenvalue weighted by Crippen LogP contribution is -2.20. The van der Waals surface area contributed by atoms with Gasteiger partial charge in [0.15, 0.2) is 22.5 Å². The number of ether oxygens (including phenoxy) is 2. The van der Waals surface area contributed by atoms with E-state index in [9.17, 15) is 0 Å². The summed E-state index contributed by atoms with van der Waals surface area (Å²) >= 11 is 11.9. The zero-order valence-corrected chi connectivity index (χ0v) is 16.1. The van der Waals surface area contributed by atoms with Crippen LogP contribution in [0.2, 0.25) is 10.2 Å². The van der Waals surface area contributed by atoms with Crippen LogP contribution in [0.5, 0.6) is 11.5 Å². The molecule has 0 amide bonds. The Hall–Kier alpha value is -2.83. The van der Waals surface area contributed by atoms with Crippen LogP contribution in [0.25, 0.3) is 0 Å². The van der Waals surface area contributed by atoms with E-state index in [1.807, 2.05) is 53.5 Å². The average molecular weight is 413 g/mol. The maximum atomic E-state index is 6.03. The summed E-state index contributed by atoms with van der Waals surface area (Å²) in [5.74, 6) is 2.11. The monoisotopic (exact) mass is 412 g/mol. The SMILES string of the molecule is Clc1ccc(C2=NN(c3ccc(Cl)nn3)C(c3ccc4c(c3)OCO4)C2)cc1. The summed E-state index contributed by atoms with van der Waals surface area (Å²) in [5, 5.41) is 15.9. The lowest BCUT2D eigenvalue weighted by Gasteiger charge is -2.22. The van der Waals surface area contributed by atoms with Gasteiger partial charge in [-0.15, -0.1) is 10.2 Å². The van der Waals surface area contributed by atoms with Crippen molar-refractivity contribution in [3.8, 4) is 11.5 Å². The molecule has 8 heteroatoms. The number of benzene rings is 2.